The molecule has 0 spiro atoms. The quantitative estimate of drug-likeness (QED) is 0.247. The van der Waals surface area contributed by atoms with Crippen LogP contribution in [0.5, 0.6) is 0 Å². The molecule has 1 saturated heterocycles. The van der Waals surface area contributed by atoms with Crippen LogP contribution in [0, 0.1) is 0 Å². The number of rotatable bonds is 6. The third-order valence-electron chi connectivity index (χ3n) is 3.74. The van der Waals surface area contributed by atoms with Crippen LogP contribution in [0.2, 0.25) is 0 Å². The van der Waals surface area contributed by atoms with Crippen molar-refractivity contribution in [3.63, 3.8) is 0 Å². The van der Waals surface area contributed by atoms with Gasteiger partial charge in [0.05, 0.1) is 13.7 Å². The molecule has 1 rings (SSSR count). The molecule has 0 atom stereocenters. The molecule has 0 bridgehead atoms. The van der Waals surface area contributed by atoms with E-state index >= 15 is 0 Å². The van der Waals surface area contributed by atoms with E-state index < -0.39 is 0 Å². The van der Waals surface area contributed by atoms with Crippen molar-refractivity contribution in [2.24, 2.45) is 4.99 Å². The molecular formula is C15H30IN5O4. The number of likely N-dealkylation sites (tertiary alicyclic amines) is 1. The number of hydrogen-bond acceptors (Lipinski definition) is 5. The predicted octanol–water partition coefficient (Wildman–Crippen LogP) is 0.105. The second-order valence-electron chi connectivity index (χ2n) is 5.75. The van der Waals surface area contributed by atoms with E-state index in [4.69, 9.17) is 9.47 Å². The fourth-order valence-electron chi connectivity index (χ4n) is 2.24. The van der Waals surface area contributed by atoms with Gasteiger partial charge in [0.1, 0.15) is 6.54 Å². The number of carbonyl (C=O) groups excluding carboxylic acids is 2. The van der Waals surface area contributed by atoms with Crippen molar-refractivity contribution in [1.82, 2.24) is 20.4 Å². The molecule has 1 aliphatic rings. The van der Waals surface area contributed by atoms with Gasteiger partial charge < -0.3 is 29.9 Å². The van der Waals surface area contributed by atoms with E-state index in [-0.39, 0.29) is 48.6 Å². The number of likely N-dealkylation sites (N-methyl/N-ethyl adjacent to an activating group) is 1. The summed E-state index contributed by atoms with van der Waals surface area (Å²) in [6.07, 6.45) is 1.29. The summed E-state index contributed by atoms with van der Waals surface area (Å²) >= 11 is 0. The molecule has 0 aromatic heterocycles. The van der Waals surface area contributed by atoms with E-state index in [2.05, 4.69) is 15.6 Å². The third kappa shape index (κ3) is 9.10. The number of hydrogen-bond donors (Lipinski definition) is 2. The first-order valence-electron chi connectivity index (χ1n) is 8.04. The first kappa shape index (κ1) is 23.7. The summed E-state index contributed by atoms with van der Waals surface area (Å²) < 4.78 is 9.75. The normalized spacial score (nSPS) is 15.2. The molecule has 0 aliphatic carbocycles. The minimum absolute atomic E-state index is 0. The molecule has 1 aliphatic heterocycles. The van der Waals surface area contributed by atoms with Crippen LogP contribution < -0.4 is 10.6 Å². The zero-order valence-corrected chi connectivity index (χ0v) is 17.7. The number of carbonyl (C=O) groups is 2. The van der Waals surface area contributed by atoms with Crippen molar-refractivity contribution in [3.05, 3.63) is 0 Å². The van der Waals surface area contributed by atoms with Gasteiger partial charge in [0.2, 0.25) is 5.91 Å². The van der Waals surface area contributed by atoms with Crippen LogP contribution in [0.4, 0.5) is 4.79 Å². The zero-order valence-electron chi connectivity index (χ0n) is 15.4. The minimum Gasteiger partial charge on any atom is -0.453 e. The number of methoxy groups -OCH3 is 2. The average molecular weight is 471 g/mol. The van der Waals surface area contributed by atoms with Crippen LogP contribution >= 0.6 is 24.0 Å². The van der Waals surface area contributed by atoms with E-state index in [0.717, 1.165) is 12.8 Å². The molecule has 0 saturated carbocycles. The highest BCUT2D eigenvalue weighted by Gasteiger charge is 2.23. The van der Waals surface area contributed by atoms with Gasteiger partial charge in [-0.05, 0) is 12.8 Å². The van der Waals surface area contributed by atoms with Gasteiger partial charge in [0.15, 0.2) is 5.96 Å². The van der Waals surface area contributed by atoms with Crippen molar-refractivity contribution >= 4 is 41.9 Å². The van der Waals surface area contributed by atoms with Gasteiger partial charge in [0.25, 0.3) is 0 Å². The van der Waals surface area contributed by atoms with Crippen molar-refractivity contribution in [2.75, 3.05) is 61.1 Å². The fourth-order valence-corrected chi connectivity index (χ4v) is 2.24. The number of guanidine groups is 1. The highest BCUT2D eigenvalue weighted by Crippen LogP contribution is 2.11. The molecule has 146 valence electrons. The molecule has 1 fully saturated rings. The van der Waals surface area contributed by atoms with Gasteiger partial charge in [-0.15, -0.1) is 24.0 Å². The van der Waals surface area contributed by atoms with Crippen LogP contribution in [-0.2, 0) is 14.3 Å². The van der Waals surface area contributed by atoms with Crippen molar-refractivity contribution in [3.8, 4) is 0 Å². The van der Waals surface area contributed by atoms with Crippen molar-refractivity contribution in [2.45, 2.75) is 18.9 Å². The van der Waals surface area contributed by atoms with E-state index in [0.29, 0.717) is 32.2 Å². The van der Waals surface area contributed by atoms with Crippen LogP contribution in [0.3, 0.4) is 0 Å². The molecule has 2 N–H and O–H groups in total. The van der Waals surface area contributed by atoms with Gasteiger partial charge in [-0.3, -0.25) is 4.79 Å². The molecule has 25 heavy (non-hydrogen) atoms. The topological polar surface area (TPSA) is 95.5 Å². The number of aliphatic imine (C=N–C) groups is 1. The Balaban J connectivity index is 0.00000576. The Labute approximate surface area is 166 Å². The zero-order chi connectivity index (χ0) is 17.9. The number of ether oxygens (including phenoxy) is 2. The number of nitrogens with zero attached hydrogens (tertiary/aromatic N) is 3. The van der Waals surface area contributed by atoms with Gasteiger partial charge in [-0.1, -0.05) is 0 Å². The number of nitrogens with one attached hydrogen (secondary N) is 2. The molecule has 0 aromatic carbocycles. The smallest absolute Gasteiger partial charge is 0.409 e. The van der Waals surface area contributed by atoms with Crippen LogP contribution in [0.25, 0.3) is 0 Å². The maximum absolute atomic E-state index is 11.7. The first-order chi connectivity index (χ1) is 11.5. The summed E-state index contributed by atoms with van der Waals surface area (Å²) in [5, 5.41) is 6.47. The maximum Gasteiger partial charge on any atom is 0.409 e. The van der Waals surface area contributed by atoms with Gasteiger partial charge in [0, 0.05) is 46.9 Å². The lowest BCUT2D eigenvalue weighted by molar-refractivity contribution is -0.127. The minimum atomic E-state index is -0.294. The molecule has 2 amide bonds. The van der Waals surface area contributed by atoms with Crippen molar-refractivity contribution in [1.29, 1.82) is 0 Å². The molecular weight excluding hydrogens is 441 g/mol. The predicted molar refractivity (Wildman–Crippen MR) is 106 cm³/mol. The fraction of sp³-hybridized carbons (Fsp3) is 0.800. The second-order valence-corrected chi connectivity index (χ2v) is 5.75. The molecule has 1 heterocycles. The van der Waals surface area contributed by atoms with E-state index in [9.17, 15) is 9.59 Å². The second kappa shape index (κ2) is 13.0. The molecule has 9 nitrogen and oxygen atoms in total. The van der Waals surface area contributed by atoms with E-state index in [1.54, 1.807) is 26.1 Å². The monoisotopic (exact) mass is 471 g/mol. The summed E-state index contributed by atoms with van der Waals surface area (Å²) in [6.45, 7) is 2.48. The van der Waals surface area contributed by atoms with Crippen LogP contribution in [-0.4, -0.2) is 94.9 Å². The summed E-state index contributed by atoms with van der Waals surface area (Å²) in [7, 11) is 6.42. The summed E-state index contributed by atoms with van der Waals surface area (Å²) in [4.78, 5) is 30.7. The third-order valence-corrected chi connectivity index (χ3v) is 3.74. The molecule has 0 unspecified atom stereocenters. The molecule has 10 heteroatoms. The lowest BCUT2D eigenvalue weighted by Gasteiger charge is -2.32. The average Bonchev–Trinajstić information content (AvgIpc) is 2.59. The van der Waals surface area contributed by atoms with Gasteiger partial charge in [-0.2, -0.15) is 0 Å². The summed E-state index contributed by atoms with van der Waals surface area (Å²) in [6, 6.07) is 0.189. The largest absolute Gasteiger partial charge is 0.453 e. The standard InChI is InChI=1S/C15H29N5O4.HI/c1-19(2)13(21)11-17-14(16-7-10-23-3)18-12-5-8-20(9-6-12)15(22)24-4;/h12H,5-11H2,1-4H3,(H2,16,17,18);1H. The maximum atomic E-state index is 11.7. The van der Waals surface area contributed by atoms with E-state index in [1.165, 1.54) is 12.0 Å². The summed E-state index contributed by atoms with van der Waals surface area (Å²) in [5.41, 5.74) is 0. The van der Waals surface area contributed by atoms with Crippen molar-refractivity contribution < 1.29 is 19.1 Å². The highest BCUT2D eigenvalue weighted by molar-refractivity contribution is 14.0. The Bertz CT molecular complexity index is 440. The molecule has 0 aromatic rings. The van der Waals surface area contributed by atoms with Gasteiger partial charge >= 0.3 is 6.09 Å². The van der Waals surface area contributed by atoms with Crippen LogP contribution in [0.1, 0.15) is 12.8 Å². The SMILES string of the molecule is COCCNC(=NCC(=O)N(C)C)NC1CCN(C(=O)OC)CC1.I. The van der Waals surface area contributed by atoms with Crippen LogP contribution in [0.15, 0.2) is 4.99 Å². The Morgan fingerprint density at radius 3 is 2.40 bits per heavy atom. The highest BCUT2D eigenvalue weighted by atomic mass is 127. The Morgan fingerprint density at radius 1 is 1.24 bits per heavy atom. The molecule has 0 radical (unpaired) electrons. The summed E-state index contributed by atoms with van der Waals surface area (Å²) in [5.74, 6) is 0.516. The lowest BCUT2D eigenvalue weighted by Crippen LogP contribution is -2.50. The first-order valence-corrected chi connectivity index (χ1v) is 8.04. The van der Waals surface area contributed by atoms with E-state index in [1.807, 2.05) is 0 Å². The Kier molecular flexibility index (Phi) is 12.3. The number of piperidine rings is 1. The lowest BCUT2D eigenvalue weighted by atomic mass is 10.1. The Morgan fingerprint density at radius 2 is 1.88 bits per heavy atom. The number of halogens is 1. The van der Waals surface area contributed by atoms with Gasteiger partial charge in [-0.25, -0.2) is 9.79 Å². The number of amides is 2. The Hall–Kier alpha value is -1.30.